The number of amides is 2. The fourth-order valence-electron chi connectivity index (χ4n) is 5.64. The number of carbonyl (C=O) groups is 2. The number of ether oxygens (including phenoxy) is 1. The largest absolute Gasteiger partial charge is 0.455 e. The average molecular weight is 646 g/mol. The first kappa shape index (κ1) is 32.0. The molecule has 0 saturated carbocycles. The molecule has 0 aliphatic carbocycles. The highest BCUT2D eigenvalue weighted by atomic mass is 32.1. The van der Waals surface area contributed by atoms with Gasteiger partial charge in [0.05, 0.1) is 12.2 Å². The summed E-state index contributed by atoms with van der Waals surface area (Å²) in [6.45, 7) is 3.77. The van der Waals surface area contributed by atoms with Crippen LogP contribution in [0.15, 0.2) is 121 Å². The number of hydrogen-bond donors (Lipinski definition) is 2. The van der Waals surface area contributed by atoms with Crippen LogP contribution >= 0.6 is 11.3 Å². The lowest BCUT2D eigenvalue weighted by Crippen LogP contribution is -2.53. The molecule has 47 heavy (non-hydrogen) atoms. The lowest BCUT2D eigenvalue weighted by molar-refractivity contribution is -0.128. The molecule has 240 valence electrons. The third-order valence-corrected chi connectivity index (χ3v) is 9.09. The van der Waals surface area contributed by atoms with Gasteiger partial charge in [0, 0.05) is 56.1 Å². The summed E-state index contributed by atoms with van der Waals surface area (Å²) in [4.78, 5) is 32.2. The van der Waals surface area contributed by atoms with E-state index in [1.54, 1.807) is 16.2 Å². The second-order valence-electron chi connectivity index (χ2n) is 11.4. The summed E-state index contributed by atoms with van der Waals surface area (Å²) >= 11 is 1.69. The smallest absolute Gasteiger partial charge is 0.234 e. The van der Waals surface area contributed by atoms with Gasteiger partial charge in [0.25, 0.3) is 0 Å². The molecule has 2 heterocycles. The molecule has 0 unspecified atom stereocenters. The van der Waals surface area contributed by atoms with Crippen LogP contribution in [0.4, 0.5) is 11.4 Å². The summed E-state index contributed by atoms with van der Waals surface area (Å²) in [5, 5.41) is 4.00. The number of carbonyl (C=O) groups excluding carboxylic acids is 2. The molecule has 0 spiro atoms. The summed E-state index contributed by atoms with van der Waals surface area (Å²) < 4.78 is 6.32. The summed E-state index contributed by atoms with van der Waals surface area (Å²) in [6, 6.07) is 37.8. The molecule has 1 aliphatic rings. The second-order valence-corrected chi connectivity index (χ2v) is 12.4. The van der Waals surface area contributed by atoms with E-state index in [1.807, 2.05) is 89.9 Å². The van der Waals surface area contributed by atoms with E-state index >= 15 is 0 Å². The Morgan fingerprint density at radius 2 is 1.55 bits per heavy atom. The fourth-order valence-corrected chi connectivity index (χ4v) is 6.37. The highest BCUT2D eigenvalue weighted by molar-refractivity contribution is 7.13. The highest BCUT2D eigenvalue weighted by Crippen LogP contribution is 2.34. The quantitative estimate of drug-likeness (QED) is 0.155. The third kappa shape index (κ3) is 8.45. The van der Waals surface area contributed by atoms with Gasteiger partial charge in [-0.3, -0.25) is 15.0 Å². The van der Waals surface area contributed by atoms with Crippen LogP contribution in [0.5, 0.6) is 11.5 Å². The number of hydrazine groups is 1. The number of hydrogen-bond acceptors (Lipinski definition) is 7. The Morgan fingerprint density at radius 1 is 0.787 bits per heavy atom. The molecule has 1 aliphatic heterocycles. The molecular formula is C38H39N5O3S. The maximum absolute atomic E-state index is 14.0. The zero-order valence-electron chi connectivity index (χ0n) is 26.3. The monoisotopic (exact) mass is 645 g/mol. The molecule has 0 radical (unpaired) electrons. The van der Waals surface area contributed by atoms with Gasteiger partial charge < -0.3 is 20.3 Å². The minimum atomic E-state index is -0.171. The summed E-state index contributed by atoms with van der Waals surface area (Å²) in [5.41, 5.74) is 13.7. The van der Waals surface area contributed by atoms with Gasteiger partial charge in [-0.05, 0) is 64.5 Å². The maximum atomic E-state index is 14.0. The van der Waals surface area contributed by atoms with Crippen molar-refractivity contribution in [2.45, 2.75) is 25.9 Å². The number of benzene rings is 4. The molecule has 3 N–H and O–H groups in total. The molecule has 5 aromatic rings. The number of nitrogens with one attached hydrogen (secondary N) is 1. The minimum absolute atomic E-state index is 0.0556. The standard InChI is InChI=1S/C38H39N5O3S/c39-27-30-8-6-11-33(26-30)46-35-13-5-4-12-34(35)43(28-29-15-17-31(18-16-29)36-14-7-25-47-36)38(45)20-19-37(44)40-42-23-21-41(22-24-42)32-9-2-1-3-10-32/h1-18,25-26H,19-24,27-28,39H2,(H,40,44). The Bertz CT molecular complexity index is 1750. The first-order valence-corrected chi connectivity index (χ1v) is 16.8. The molecule has 6 rings (SSSR count). The van der Waals surface area contributed by atoms with Crippen LogP contribution in [0.2, 0.25) is 0 Å². The van der Waals surface area contributed by atoms with Crippen LogP contribution in [0.1, 0.15) is 24.0 Å². The lowest BCUT2D eigenvalue weighted by atomic mass is 10.1. The van der Waals surface area contributed by atoms with Crippen LogP contribution < -0.4 is 25.7 Å². The van der Waals surface area contributed by atoms with Crippen LogP contribution in [-0.4, -0.2) is 43.0 Å². The van der Waals surface area contributed by atoms with E-state index in [-0.39, 0.29) is 24.7 Å². The van der Waals surface area contributed by atoms with Gasteiger partial charge >= 0.3 is 0 Å². The Labute approximate surface area is 280 Å². The van der Waals surface area contributed by atoms with E-state index in [9.17, 15) is 9.59 Å². The van der Waals surface area contributed by atoms with E-state index in [2.05, 4.69) is 46.0 Å². The molecule has 0 atom stereocenters. The fraction of sp³-hybridized carbons (Fsp3) is 0.211. The molecular weight excluding hydrogens is 607 g/mol. The van der Waals surface area contributed by atoms with Crippen LogP contribution in [0, 0.1) is 0 Å². The number of nitrogens with zero attached hydrogens (tertiary/aromatic N) is 3. The summed E-state index contributed by atoms with van der Waals surface area (Å²) in [6.07, 6.45) is 0.132. The van der Waals surface area contributed by atoms with E-state index in [0.717, 1.165) is 29.8 Å². The Kier molecular flexibility index (Phi) is 10.6. The molecule has 2 amide bonds. The van der Waals surface area contributed by atoms with Crippen molar-refractivity contribution < 1.29 is 14.3 Å². The first-order chi connectivity index (χ1) is 23.1. The predicted molar refractivity (Wildman–Crippen MR) is 189 cm³/mol. The molecule has 1 saturated heterocycles. The maximum Gasteiger partial charge on any atom is 0.234 e. The van der Waals surface area contributed by atoms with E-state index in [1.165, 1.54) is 10.6 Å². The van der Waals surface area contributed by atoms with Gasteiger partial charge in [-0.2, -0.15) is 0 Å². The Morgan fingerprint density at radius 3 is 2.30 bits per heavy atom. The summed E-state index contributed by atoms with van der Waals surface area (Å²) in [5.74, 6) is 0.851. The first-order valence-electron chi connectivity index (χ1n) is 15.9. The number of rotatable bonds is 12. The van der Waals surface area contributed by atoms with Crippen molar-refractivity contribution in [2.75, 3.05) is 36.0 Å². The van der Waals surface area contributed by atoms with Gasteiger partial charge in [-0.25, -0.2) is 5.01 Å². The molecule has 4 aromatic carbocycles. The van der Waals surface area contributed by atoms with Gasteiger partial charge in [0.15, 0.2) is 5.75 Å². The van der Waals surface area contributed by atoms with Gasteiger partial charge in [-0.1, -0.05) is 72.8 Å². The Hall–Kier alpha value is -4.96. The van der Waals surface area contributed by atoms with Gasteiger partial charge in [-0.15, -0.1) is 11.3 Å². The number of nitrogens with two attached hydrogens (primary N) is 1. The van der Waals surface area contributed by atoms with Crippen molar-refractivity contribution in [3.8, 4) is 21.9 Å². The summed E-state index contributed by atoms with van der Waals surface area (Å²) in [7, 11) is 0. The van der Waals surface area contributed by atoms with E-state index in [0.29, 0.717) is 43.4 Å². The lowest BCUT2D eigenvalue weighted by Gasteiger charge is -2.36. The van der Waals surface area contributed by atoms with Crippen LogP contribution in [0.25, 0.3) is 10.4 Å². The highest BCUT2D eigenvalue weighted by Gasteiger charge is 2.23. The normalized spacial score (nSPS) is 13.3. The third-order valence-electron chi connectivity index (χ3n) is 8.17. The zero-order chi connectivity index (χ0) is 32.4. The van der Waals surface area contributed by atoms with E-state index in [4.69, 9.17) is 10.5 Å². The minimum Gasteiger partial charge on any atom is -0.455 e. The van der Waals surface area contributed by atoms with Gasteiger partial charge in [0.2, 0.25) is 11.8 Å². The number of para-hydroxylation sites is 3. The number of anilines is 2. The van der Waals surface area contributed by atoms with Crippen LogP contribution in [-0.2, 0) is 22.7 Å². The number of piperazine rings is 1. The molecule has 8 nitrogen and oxygen atoms in total. The van der Waals surface area contributed by atoms with Crippen molar-refractivity contribution in [1.82, 2.24) is 10.4 Å². The Balaban J connectivity index is 1.15. The predicted octanol–water partition coefficient (Wildman–Crippen LogP) is 6.83. The zero-order valence-corrected chi connectivity index (χ0v) is 27.1. The number of thiophene rings is 1. The van der Waals surface area contributed by atoms with Crippen molar-refractivity contribution >= 4 is 34.5 Å². The SMILES string of the molecule is NCc1cccc(Oc2ccccc2N(Cc2ccc(-c3cccs3)cc2)C(=O)CCC(=O)NN2CCN(c3ccccc3)CC2)c1. The molecule has 1 aromatic heterocycles. The average Bonchev–Trinajstić information content (AvgIpc) is 3.66. The topological polar surface area (TPSA) is 91.1 Å². The molecule has 0 bridgehead atoms. The van der Waals surface area contributed by atoms with Crippen molar-refractivity contribution in [3.63, 3.8) is 0 Å². The van der Waals surface area contributed by atoms with Crippen molar-refractivity contribution in [3.05, 3.63) is 132 Å². The van der Waals surface area contributed by atoms with E-state index < -0.39 is 0 Å². The van der Waals surface area contributed by atoms with Crippen molar-refractivity contribution in [1.29, 1.82) is 0 Å². The van der Waals surface area contributed by atoms with Gasteiger partial charge in [0.1, 0.15) is 5.75 Å². The van der Waals surface area contributed by atoms with Crippen molar-refractivity contribution in [2.24, 2.45) is 5.73 Å². The molecule has 1 fully saturated rings. The van der Waals surface area contributed by atoms with Crippen LogP contribution in [0.3, 0.4) is 0 Å². The second kappa shape index (κ2) is 15.6. The molecule has 9 heteroatoms.